The van der Waals surface area contributed by atoms with Gasteiger partial charge >= 0.3 is 0 Å². The second-order valence-electron chi connectivity index (χ2n) is 7.98. The first-order valence-corrected chi connectivity index (χ1v) is 10.2. The molecule has 0 aliphatic carbocycles. The van der Waals surface area contributed by atoms with E-state index in [4.69, 9.17) is 4.74 Å². The summed E-state index contributed by atoms with van der Waals surface area (Å²) in [6, 6.07) is 9.73. The van der Waals surface area contributed by atoms with Gasteiger partial charge in [-0.15, -0.1) is 0 Å². The molecular formula is C23H26BrFN2O. The second kappa shape index (κ2) is 8.18. The first kappa shape index (κ1) is 20.7. The van der Waals surface area contributed by atoms with Gasteiger partial charge in [0.25, 0.3) is 0 Å². The van der Waals surface area contributed by atoms with Gasteiger partial charge in [-0.25, -0.2) is 4.39 Å². The average molecular weight is 445 g/mol. The summed E-state index contributed by atoms with van der Waals surface area (Å²) in [7, 11) is 0. The van der Waals surface area contributed by atoms with Crippen LogP contribution >= 0.6 is 15.9 Å². The molecule has 0 amide bonds. The molecular weight excluding hydrogens is 419 g/mol. The van der Waals surface area contributed by atoms with Gasteiger partial charge in [-0.3, -0.25) is 5.01 Å². The maximum Gasteiger partial charge on any atom is 0.133 e. The summed E-state index contributed by atoms with van der Waals surface area (Å²) >= 11 is 3.56. The lowest BCUT2D eigenvalue weighted by molar-refractivity contribution is 0.133. The van der Waals surface area contributed by atoms with E-state index in [0.717, 1.165) is 26.7 Å². The van der Waals surface area contributed by atoms with Crippen LogP contribution in [0.5, 0.6) is 0 Å². The van der Waals surface area contributed by atoms with Crippen LogP contribution in [0.15, 0.2) is 46.5 Å². The molecule has 3 rings (SSSR count). The molecule has 2 aromatic rings. The molecule has 0 N–H and O–H groups in total. The topological polar surface area (TPSA) is 24.8 Å². The Balaban J connectivity index is 1.86. The fourth-order valence-corrected chi connectivity index (χ4v) is 3.52. The van der Waals surface area contributed by atoms with Gasteiger partial charge in [0, 0.05) is 22.2 Å². The number of fused-ring (bicyclic) bond motifs is 1. The van der Waals surface area contributed by atoms with E-state index < -0.39 is 0 Å². The monoisotopic (exact) mass is 444 g/mol. The van der Waals surface area contributed by atoms with Gasteiger partial charge in [0.05, 0.1) is 25.1 Å². The molecule has 3 nitrogen and oxygen atoms in total. The van der Waals surface area contributed by atoms with E-state index in [9.17, 15) is 4.39 Å². The molecule has 0 radical (unpaired) electrons. The second-order valence-corrected chi connectivity index (χ2v) is 8.84. The molecule has 0 aromatic heterocycles. The summed E-state index contributed by atoms with van der Waals surface area (Å²) < 4.78 is 21.4. The van der Waals surface area contributed by atoms with Gasteiger partial charge in [-0.1, -0.05) is 55.4 Å². The lowest BCUT2D eigenvalue weighted by Gasteiger charge is -2.29. The van der Waals surface area contributed by atoms with Gasteiger partial charge in [0.2, 0.25) is 0 Å². The highest BCUT2D eigenvalue weighted by molar-refractivity contribution is 9.10. The fraction of sp³-hybridized carbons (Fsp3) is 0.348. The predicted molar refractivity (Wildman–Crippen MR) is 117 cm³/mol. The third-order valence-corrected chi connectivity index (χ3v) is 5.60. The molecule has 0 bridgehead atoms. The number of halogens is 2. The minimum atomic E-state index is -0.253. The van der Waals surface area contributed by atoms with E-state index >= 15 is 0 Å². The fourth-order valence-electron chi connectivity index (χ4n) is 3.16. The largest absolute Gasteiger partial charge is 0.377 e. The summed E-state index contributed by atoms with van der Waals surface area (Å²) in [6.07, 6.45) is 1.72. The van der Waals surface area contributed by atoms with E-state index in [0.29, 0.717) is 31.0 Å². The van der Waals surface area contributed by atoms with Crippen molar-refractivity contribution in [2.75, 3.05) is 6.61 Å². The summed E-state index contributed by atoms with van der Waals surface area (Å²) in [4.78, 5) is 0. The van der Waals surface area contributed by atoms with Crippen molar-refractivity contribution in [1.82, 2.24) is 5.01 Å². The van der Waals surface area contributed by atoms with Crippen LogP contribution in [0.3, 0.4) is 0 Å². The predicted octanol–water partition coefficient (Wildman–Crippen LogP) is 6.24. The zero-order chi connectivity index (χ0) is 20.5. The molecule has 2 aromatic carbocycles. The van der Waals surface area contributed by atoms with Crippen LogP contribution in [0.2, 0.25) is 0 Å². The Morgan fingerprint density at radius 2 is 1.96 bits per heavy atom. The molecule has 0 fully saturated rings. The number of hydrazone groups is 1. The summed E-state index contributed by atoms with van der Waals surface area (Å²) in [5.41, 5.74) is 4.83. The van der Waals surface area contributed by atoms with Crippen LogP contribution in [0.25, 0.3) is 5.70 Å². The molecule has 1 aliphatic heterocycles. The van der Waals surface area contributed by atoms with E-state index in [1.807, 2.05) is 25.1 Å². The molecule has 5 heteroatoms. The maximum atomic E-state index is 14.9. The minimum absolute atomic E-state index is 0.128. The molecule has 0 saturated carbocycles. The number of hydrogen-bond donors (Lipinski definition) is 0. The highest BCUT2D eigenvalue weighted by atomic mass is 79.9. The van der Waals surface area contributed by atoms with E-state index in [1.54, 1.807) is 17.3 Å². The summed E-state index contributed by atoms with van der Waals surface area (Å²) in [6.45, 7) is 14.0. The van der Waals surface area contributed by atoms with Crippen molar-refractivity contribution in [2.24, 2.45) is 5.10 Å². The minimum Gasteiger partial charge on any atom is -0.377 e. The Morgan fingerprint density at radius 1 is 1.21 bits per heavy atom. The molecule has 1 aliphatic rings. The molecule has 0 unspecified atom stereocenters. The van der Waals surface area contributed by atoms with Crippen molar-refractivity contribution in [3.05, 3.63) is 75.0 Å². The molecule has 148 valence electrons. The van der Waals surface area contributed by atoms with Crippen molar-refractivity contribution in [2.45, 2.75) is 46.3 Å². The number of benzene rings is 2. The van der Waals surface area contributed by atoms with Crippen LogP contribution < -0.4 is 0 Å². The Kier molecular flexibility index (Phi) is 6.06. The Morgan fingerprint density at radius 3 is 2.64 bits per heavy atom. The zero-order valence-corrected chi connectivity index (χ0v) is 18.4. The van der Waals surface area contributed by atoms with Gasteiger partial charge in [0.15, 0.2) is 0 Å². The van der Waals surface area contributed by atoms with E-state index in [1.165, 1.54) is 0 Å². The number of ether oxygens (including phenoxy) is 1. The van der Waals surface area contributed by atoms with Gasteiger partial charge < -0.3 is 4.74 Å². The lowest BCUT2D eigenvalue weighted by Crippen LogP contribution is -2.22. The first-order valence-electron chi connectivity index (χ1n) is 9.40. The summed E-state index contributed by atoms with van der Waals surface area (Å²) in [5, 5.41) is 6.27. The van der Waals surface area contributed by atoms with Crippen molar-refractivity contribution in [3.8, 4) is 0 Å². The quantitative estimate of drug-likeness (QED) is 0.544. The first-order chi connectivity index (χ1) is 13.2. The normalized spacial score (nSPS) is 13.8. The average Bonchev–Trinajstić information content (AvgIpc) is 2.63. The third-order valence-electron chi connectivity index (χ3n) is 4.83. The van der Waals surface area contributed by atoms with Crippen molar-refractivity contribution < 1.29 is 9.13 Å². The Labute approximate surface area is 175 Å². The van der Waals surface area contributed by atoms with Crippen LogP contribution in [-0.4, -0.2) is 17.8 Å². The van der Waals surface area contributed by atoms with Crippen molar-refractivity contribution >= 4 is 27.8 Å². The van der Waals surface area contributed by atoms with Gasteiger partial charge in [-0.05, 0) is 47.2 Å². The van der Waals surface area contributed by atoms with E-state index in [-0.39, 0.29) is 11.2 Å². The highest BCUT2D eigenvalue weighted by Gasteiger charge is 2.24. The third kappa shape index (κ3) is 4.36. The van der Waals surface area contributed by atoms with E-state index in [2.05, 4.69) is 54.4 Å². The van der Waals surface area contributed by atoms with Crippen LogP contribution in [-0.2, 0) is 23.3 Å². The lowest BCUT2D eigenvalue weighted by atomic mass is 9.84. The van der Waals surface area contributed by atoms with Crippen LogP contribution in [0.4, 0.5) is 4.39 Å². The summed E-state index contributed by atoms with van der Waals surface area (Å²) in [5.74, 6) is -0.253. The zero-order valence-electron chi connectivity index (χ0n) is 16.9. The maximum absolute atomic E-state index is 14.9. The standard InChI is InChI=1S/C23H26BrFN2O/c1-6-28-14-18-9-16(7-8-20(18)24)13-27-15(2)22-17(12-26-27)10-19(11-21(22)25)23(3,4)5/h7-12H,2,6,13-14H2,1,3-5H3. The van der Waals surface area contributed by atoms with Crippen molar-refractivity contribution in [3.63, 3.8) is 0 Å². The SMILES string of the molecule is C=C1c2c(F)cc(C(C)(C)C)cc2C=NN1Cc1ccc(Br)c(COCC)c1. The van der Waals surface area contributed by atoms with Crippen LogP contribution in [0.1, 0.15) is 55.5 Å². The molecule has 28 heavy (non-hydrogen) atoms. The van der Waals surface area contributed by atoms with Crippen molar-refractivity contribution in [1.29, 1.82) is 0 Å². The number of hydrogen-bond acceptors (Lipinski definition) is 3. The Bertz CT molecular complexity index is 931. The Hall–Kier alpha value is -1.98. The van der Waals surface area contributed by atoms with Gasteiger partial charge in [0.1, 0.15) is 5.82 Å². The number of nitrogens with zero attached hydrogens (tertiary/aromatic N) is 2. The molecule has 0 atom stereocenters. The number of rotatable bonds is 5. The smallest absolute Gasteiger partial charge is 0.133 e. The molecule has 0 saturated heterocycles. The highest BCUT2D eigenvalue weighted by Crippen LogP contribution is 2.33. The molecule has 0 spiro atoms. The molecule has 1 heterocycles. The van der Waals surface area contributed by atoms with Crippen LogP contribution in [0, 0.1) is 5.82 Å². The van der Waals surface area contributed by atoms with Gasteiger partial charge in [-0.2, -0.15) is 5.10 Å².